The molecule has 2 amide bonds. The van der Waals surface area contributed by atoms with E-state index in [1.807, 2.05) is 36.4 Å². The zero-order valence-corrected chi connectivity index (χ0v) is 19.0. The quantitative estimate of drug-likeness (QED) is 0.634. The Morgan fingerprint density at radius 2 is 1.42 bits per heavy atom. The highest BCUT2D eigenvalue weighted by Gasteiger charge is 2.30. The van der Waals surface area contributed by atoms with Gasteiger partial charge < -0.3 is 14.9 Å². The van der Waals surface area contributed by atoms with E-state index < -0.39 is 12.0 Å². The Hall–Kier alpha value is -3.15. The summed E-state index contributed by atoms with van der Waals surface area (Å²) >= 11 is 0. The van der Waals surface area contributed by atoms with Crippen LogP contribution in [-0.2, 0) is 9.59 Å². The van der Waals surface area contributed by atoms with Crippen molar-refractivity contribution in [1.82, 2.24) is 4.90 Å². The van der Waals surface area contributed by atoms with Crippen LogP contribution in [0.3, 0.4) is 0 Å². The number of carboxylic acid groups (broad SMARTS) is 1. The highest BCUT2D eigenvalue weighted by molar-refractivity contribution is 5.97. The van der Waals surface area contributed by atoms with Crippen LogP contribution < -0.4 is 4.90 Å². The van der Waals surface area contributed by atoms with Crippen LogP contribution in [0.1, 0.15) is 50.4 Å². The Balaban J connectivity index is 2.13. The highest BCUT2D eigenvalue weighted by Crippen LogP contribution is 2.24. The molecule has 166 valence electrons. The lowest BCUT2D eigenvalue weighted by molar-refractivity contribution is -0.143. The molecular formula is C25H32N2O4. The number of carbonyl (C=O) groups excluding carboxylic acids is 2. The molecule has 0 spiro atoms. The second-order valence-corrected chi connectivity index (χ2v) is 8.12. The number of rotatable bonds is 9. The third-order valence-corrected chi connectivity index (χ3v) is 5.46. The van der Waals surface area contributed by atoms with Crippen LogP contribution in [0, 0.1) is 5.92 Å². The Labute approximate surface area is 184 Å². The summed E-state index contributed by atoms with van der Waals surface area (Å²) in [6.07, 6.45) is 2.41. The van der Waals surface area contributed by atoms with E-state index in [2.05, 4.69) is 6.92 Å². The summed E-state index contributed by atoms with van der Waals surface area (Å²) in [5, 5.41) is 9.42. The summed E-state index contributed by atoms with van der Waals surface area (Å²) in [7, 11) is 3.30. The maximum Gasteiger partial charge on any atom is 0.326 e. The zero-order valence-electron chi connectivity index (χ0n) is 19.0. The van der Waals surface area contributed by atoms with E-state index in [-0.39, 0.29) is 17.7 Å². The molecule has 0 saturated carbocycles. The van der Waals surface area contributed by atoms with E-state index in [9.17, 15) is 19.5 Å². The van der Waals surface area contributed by atoms with Crippen molar-refractivity contribution in [3.63, 3.8) is 0 Å². The van der Waals surface area contributed by atoms with Gasteiger partial charge in [0, 0.05) is 31.8 Å². The molecule has 0 fully saturated rings. The van der Waals surface area contributed by atoms with Crippen molar-refractivity contribution >= 4 is 23.5 Å². The van der Waals surface area contributed by atoms with Crippen molar-refractivity contribution < 1.29 is 19.5 Å². The number of nitrogens with zero attached hydrogens (tertiary/aromatic N) is 2. The molecule has 1 atom stereocenters. The average molecular weight is 425 g/mol. The Morgan fingerprint density at radius 3 is 1.87 bits per heavy atom. The minimum absolute atomic E-state index is 0.0997. The van der Waals surface area contributed by atoms with Gasteiger partial charge in [0.1, 0.15) is 6.04 Å². The lowest BCUT2D eigenvalue weighted by Crippen LogP contribution is -2.45. The molecule has 1 N–H and O–H groups in total. The number of likely N-dealkylation sites (N-methyl/N-ethyl adjacent to an activating group) is 1. The minimum Gasteiger partial charge on any atom is -0.480 e. The van der Waals surface area contributed by atoms with Crippen molar-refractivity contribution in [3.05, 3.63) is 54.1 Å². The van der Waals surface area contributed by atoms with Crippen LogP contribution in [0.25, 0.3) is 11.1 Å². The fourth-order valence-corrected chi connectivity index (χ4v) is 3.55. The Morgan fingerprint density at radius 1 is 0.903 bits per heavy atom. The molecular weight excluding hydrogens is 392 g/mol. The molecule has 0 heterocycles. The van der Waals surface area contributed by atoms with Gasteiger partial charge in [-0.2, -0.15) is 0 Å². The van der Waals surface area contributed by atoms with Gasteiger partial charge in [-0.05, 0) is 47.7 Å². The topological polar surface area (TPSA) is 77.9 Å². The van der Waals surface area contributed by atoms with Crippen LogP contribution in [0.5, 0.6) is 0 Å². The molecule has 2 aromatic carbocycles. The first kappa shape index (κ1) is 24.1. The zero-order chi connectivity index (χ0) is 23.1. The predicted molar refractivity (Wildman–Crippen MR) is 123 cm³/mol. The van der Waals surface area contributed by atoms with Gasteiger partial charge in [-0.3, -0.25) is 9.59 Å². The molecule has 0 aliphatic rings. The largest absolute Gasteiger partial charge is 0.480 e. The molecule has 0 saturated heterocycles. The van der Waals surface area contributed by atoms with Crippen molar-refractivity contribution in [3.8, 4) is 11.1 Å². The number of hydrogen-bond donors (Lipinski definition) is 1. The molecule has 0 aliphatic heterocycles. The number of carboxylic acids is 1. The second-order valence-electron chi connectivity index (χ2n) is 8.12. The van der Waals surface area contributed by atoms with Gasteiger partial charge in [0.15, 0.2) is 0 Å². The van der Waals surface area contributed by atoms with Crippen LogP contribution >= 0.6 is 0 Å². The maximum atomic E-state index is 12.7. The molecule has 31 heavy (non-hydrogen) atoms. The van der Waals surface area contributed by atoms with Gasteiger partial charge in [-0.1, -0.05) is 51.5 Å². The van der Waals surface area contributed by atoms with Crippen LogP contribution in [0.4, 0.5) is 5.69 Å². The Kier molecular flexibility index (Phi) is 8.37. The number of carbonyl (C=O) groups is 3. The number of hydrogen-bond acceptors (Lipinski definition) is 3. The van der Waals surface area contributed by atoms with Crippen LogP contribution in [0.15, 0.2) is 48.5 Å². The summed E-state index contributed by atoms with van der Waals surface area (Å²) in [4.78, 5) is 39.4. The van der Waals surface area contributed by atoms with Crippen molar-refractivity contribution in [2.45, 2.75) is 46.1 Å². The van der Waals surface area contributed by atoms with E-state index in [0.717, 1.165) is 29.7 Å². The molecule has 0 bridgehead atoms. The van der Waals surface area contributed by atoms with Crippen molar-refractivity contribution in [2.75, 3.05) is 19.0 Å². The summed E-state index contributed by atoms with van der Waals surface area (Å²) < 4.78 is 0. The molecule has 0 radical (unpaired) electrons. The van der Waals surface area contributed by atoms with Gasteiger partial charge >= 0.3 is 5.97 Å². The molecule has 6 heteroatoms. The number of aliphatic carboxylic acids is 1. The van der Waals surface area contributed by atoms with E-state index >= 15 is 0 Å². The Bertz CT molecular complexity index is 904. The molecule has 0 unspecified atom stereocenters. The fraction of sp³-hybridized carbons (Fsp3) is 0.400. The summed E-state index contributed by atoms with van der Waals surface area (Å²) in [6.45, 7) is 5.63. The van der Waals surface area contributed by atoms with Gasteiger partial charge in [0.05, 0.1) is 0 Å². The van der Waals surface area contributed by atoms with E-state index in [0.29, 0.717) is 12.0 Å². The number of benzene rings is 2. The van der Waals surface area contributed by atoms with Gasteiger partial charge in [-0.25, -0.2) is 4.79 Å². The highest BCUT2D eigenvalue weighted by atomic mass is 16.4. The molecule has 2 rings (SSSR count). The molecule has 2 aromatic rings. The number of anilines is 1. The van der Waals surface area contributed by atoms with Gasteiger partial charge in [0.25, 0.3) is 5.91 Å². The van der Waals surface area contributed by atoms with Crippen LogP contribution in [0.2, 0.25) is 0 Å². The molecule has 0 aliphatic carbocycles. The number of unbranched alkanes of at least 4 members (excludes halogenated alkanes) is 1. The van der Waals surface area contributed by atoms with E-state index in [4.69, 9.17) is 0 Å². The maximum absolute atomic E-state index is 12.7. The lowest BCUT2D eigenvalue weighted by Gasteiger charge is -2.27. The first-order chi connectivity index (χ1) is 14.7. The smallest absolute Gasteiger partial charge is 0.326 e. The van der Waals surface area contributed by atoms with Crippen molar-refractivity contribution in [2.24, 2.45) is 5.92 Å². The van der Waals surface area contributed by atoms with Crippen LogP contribution in [-0.4, -0.2) is 47.9 Å². The molecule has 0 aromatic heterocycles. The van der Waals surface area contributed by atoms with Gasteiger partial charge in [0.2, 0.25) is 5.91 Å². The average Bonchev–Trinajstić information content (AvgIpc) is 2.76. The standard InChI is InChI=1S/C25H32N2O4/c1-6-7-8-22(28)26(4)21-15-13-19(14-16-21)18-9-11-20(12-10-18)24(29)27(5)23(17(2)3)25(30)31/h9-17,23H,6-8H2,1-5H3,(H,30,31)/t23-/m0/s1. The SMILES string of the molecule is CCCCC(=O)N(C)c1ccc(-c2ccc(C(=O)N(C)[C@H](C(=O)O)C(C)C)cc2)cc1. The predicted octanol–water partition coefficient (Wildman–Crippen LogP) is 4.69. The van der Waals surface area contributed by atoms with E-state index in [1.54, 1.807) is 37.9 Å². The number of amides is 2. The summed E-state index contributed by atoms with van der Waals surface area (Å²) in [5.74, 6) is -1.44. The fourth-order valence-electron chi connectivity index (χ4n) is 3.55. The van der Waals surface area contributed by atoms with Gasteiger partial charge in [-0.15, -0.1) is 0 Å². The lowest BCUT2D eigenvalue weighted by atomic mass is 10.0. The van der Waals surface area contributed by atoms with Crippen molar-refractivity contribution in [1.29, 1.82) is 0 Å². The first-order valence-electron chi connectivity index (χ1n) is 10.6. The third kappa shape index (κ3) is 5.94. The normalized spacial score (nSPS) is 11.8. The van der Waals surface area contributed by atoms with E-state index in [1.165, 1.54) is 11.9 Å². The molecule has 6 nitrogen and oxygen atoms in total. The minimum atomic E-state index is -1.01. The second kappa shape index (κ2) is 10.8. The first-order valence-corrected chi connectivity index (χ1v) is 10.6. The third-order valence-electron chi connectivity index (χ3n) is 5.46. The summed E-state index contributed by atoms with van der Waals surface area (Å²) in [5.41, 5.74) is 3.18. The monoisotopic (exact) mass is 424 g/mol. The summed E-state index contributed by atoms with van der Waals surface area (Å²) in [6, 6.07) is 13.9.